The van der Waals surface area contributed by atoms with Gasteiger partial charge in [-0.3, -0.25) is 9.97 Å². The van der Waals surface area contributed by atoms with Crippen LogP contribution >= 0.6 is 0 Å². The number of pyridine rings is 2. The maximum atomic E-state index is 6.32. The maximum Gasteiger partial charge on any atom is 0.150 e. The van der Waals surface area contributed by atoms with Crippen LogP contribution in [0.3, 0.4) is 0 Å². The SMILES string of the molecule is COC1COC[C@H]1Oc1ccccc1N(Cc1cccnc1)c1cccnc1. The predicted molar refractivity (Wildman–Crippen MR) is 107 cm³/mol. The van der Waals surface area contributed by atoms with E-state index in [1.54, 1.807) is 19.5 Å². The number of anilines is 2. The lowest BCUT2D eigenvalue weighted by Crippen LogP contribution is -2.32. The van der Waals surface area contributed by atoms with Gasteiger partial charge in [0, 0.05) is 32.2 Å². The van der Waals surface area contributed by atoms with E-state index in [9.17, 15) is 0 Å². The van der Waals surface area contributed by atoms with Gasteiger partial charge in [-0.1, -0.05) is 18.2 Å². The van der Waals surface area contributed by atoms with Gasteiger partial charge < -0.3 is 19.1 Å². The Hall–Kier alpha value is -2.96. The molecular weight excluding hydrogens is 354 g/mol. The average molecular weight is 377 g/mol. The first-order valence-corrected chi connectivity index (χ1v) is 9.28. The van der Waals surface area contributed by atoms with Crippen LogP contribution in [0.4, 0.5) is 11.4 Å². The van der Waals surface area contributed by atoms with E-state index in [-0.39, 0.29) is 12.2 Å². The van der Waals surface area contributed by atoms with Crippen molar-refractivity contribution in [2.24, 2.45) is 0 Å². The second-order valence-electron chi connectivity index (χ2n) is 6.59. The smallest absolute Gasteiger partial charge is 0.150 e. The fourth-order valence-corrected chi connectivity index (χ4v) is 3.29. The molecule has 1 aromatic carbocycles. The van der Waals surface area contributed by atoms with Crippen molar-refractivity contribution in [1.29, 1.82) is 0 Å². The summed E-state index contributed by atoms with van der Waals surface area (Å²) >= 11 is 0. The van der Waals surface area contributed by atoms with Crippen molar-refractivity contribution in [2.75, 3.05) is 25.2 Å². The highest BCUT2D eigenvalue weighted by atomic mass is 16.6. The first-order chi connectivity index (χ1) is 13.8. The van der Waals surface area contributed by atoms with Crippen LogP contribution in [0.15, 0.2) is 73.3 Å². The number of para-hydroxylation sites is 2. The van der Waals surface area contributed by atoms with E-state index in [0.29, 0.717) is 19.8 Å². The molecule has 0 saturated carbocycles. The van der Waals surface area contributed by atoms with E-state index in [0.717, 1.165) is 22.7 Å². The Morgan fingerprint density at radius 3 is 2.50 bits per heavy atom. The van der Waals surface area contributed by atoms with Crippen molar-refractivity contribution < 1.29 is 14.2 Å². The minimum atomic E-state index is -0.139. The van der Waals surface area contributed by atoms with Crippen LogP contribution < -0.4 is 9.64 Å². The van der Waals surface area contributed by atoms with Crippen molar-refractivity contribution in [2.45, 2.75) is 18.8 Å². The van der Waals surface area contributed by atoms with Crippen LogP contribution in [0.25, 0.3) is 0 Å². The monoisotopic (exact) mass is 377 g/mol. The van der Waals surface area contributed by atoms with Crippen LogP contribution in [-0.4, -0.2) is 42.5 Å². The highest BCUT2D eigenvalue weighted by Gasteiger charge is 2.31. The van der Waals surface area contributed by atoms with Crippen LogP contribution in [0.2, 0.25) is 0 Å². The van der Waals surface area contributed by atoms with Crippen molar-refractivity contribution >= 4 is 11.4 Å². The van der Waals surface area contributed by atoms with Gasteiger partial charge in [-0.05, 0) is 35.9 Å². The van der Waals surface area contributed by atoms with Crippen LogP contribution in [0.1, 0.15) is 5.56 Å². The number of ether oxygens (including phenoxy) is 3. The number of benzene rings is 1. The number of hydrogen-bond acceptors (Lipinski definition) is 6. The molecule has 4 rings (SSSR count). The van der Waals surface area contributed by atoms with E-state index in [2.05, 4.69) is 27.0 Å². The number of nitrogens with zero attached hydrogens (tertiary/aromatic N) is 3. The van der Waals surface area contributed by atoms with E-state index in [1.165, 1.54) is 0 Å². The Morgan fingerprint density at radius 1 is 0.964 bits per heavy atom. The van der Waals surface area contributed by atoms with E-state index in [4.69, 9.17) is 14.2 Å². The summed E-state index contributed by atoms with van der Waals surface area (Å²) in [7, 11) is 1.69. The van der Waals surface area contributed by atoms with Gasteiger partial charge >= 0.3 is 0 Å². The molecule has 144 valence electrons. The molecular formula is C22H23N3O3. The van der Waals surface area contributed by atoms with Crippen molar-refractivity contribution in [1.82, 2.24) is 9.97 Å². The zero-order chi connectivity index (χ0) is 19.2. The lowest BCUT2D eigenvalue weighted by molar-refractivity contribution is 0.0328. The van der Waals surface area contributed by atoms with Crippen LogP contribution in [0.5, 0.6) is 5.75 Å². The van der Waals surface area contributed by atoms with E-state index < -0.39 is 0 Å². The lowest BCUT2D eigenvalue weighted by atomic mass is 10.2. The molecule has 2 aromatic heterocycles. The summed E-state index contributed by atoms with van der Waals surface area (Å²) in [4.78, 5) is 10.7. The zero-order valence-electron chi connectivity index (χ0n) is 15.8. The molecule has 6 nitrogen and oxygen atoms in total. The molecule has 1 aliphatic rings. The lowest BCUT2D eigenvalue weighted by Gasteiger charge is -2.28. The maximum absolute atomic E-state index is 6.32. The molecule has 0 aliphatic carbocycles. The first-order valence-electron chi connectivity index (χ1n) is 9.28. The topological polar surface area (TPSA) is 56.7 Å². The molecule has 0 radical (unpaired) electrons. The molecule has 0 amide bonds. The van der Waals surface area contributed by atoms with Gasteiger partial charge in [0.15, 0.2) is 6.10 Å². The predicted octanol–water partition coefficient (Wildman–Crippen LogP) is 3.61. The zero-order valence-corrected chi connectivity index (χ0v) is 15.8. The standard InChI is InChI=1S/C22H23N3O3/c1-26-21-15-27-16-22(21)28-20-9-3-2-8-19(20)25(18-7-5-11-24-13-18)14-17-6-4-10-23-12-17/h2-13,21-22H,14-16H2,1H3/t21?,22-/m1/s1. The molecule has 1 fully saturated rings. The third-order valence-corrected chi connectivity index (χ3v) is 4.74. The van der Waals surface area contributed by atoms with Gasteiger partial charge in [0.05, 0.1) is 30.8 Å². The highest BCUT2D eigenvalue weighted by molar-refractivity contribution is 5.68. The summed E-state index contributed by atoms with van der Waals surface area (Å²) in [6, 6.07) is 16.0. The van der Waals surface area contributed by atoms with E-state index >= 15 is 0 Å². The molecule has 0 spiro atoms. The molecule has 3 heterocycles. The molecule has 1 aliphatic heterocycles. The molecule has 1 saturated heterocycles. The molecule has 0 bridgehead atoms. The van der Waals surface area contributed by atoms with Gasteiger partial charge in [0.2, 0.25) is 0 Å². The second kappa shape index (κ2) is 8.82. The Balaban J connectivity index is 1.68. The van der Waals surface area contributed by atoms with Crippen molar-refractivity contribution in [3.05, 3.63) is 78.9 Å². The minimum Gasteiger partial charge on any atom is -0.483 e. The average Bonchev–Trinajstić information content (AvgIpc) is 3.21. The van der Waals surface area contributed by atoms with Gasteiger partial charge in [-0.2, -0.15) is 0 Å². The number of hydrogen-bond donors (Lipinski definition) is 0. The summed E-state index contributed by atoms with van der Waals surface area (Å²) in [5.74, 6) is 0.785. The van der Waals surface area contributed by atoms with Gasteiger partial charge in [-0.25, -0.2) is 0 Å². The number of aromatic nitrogens is 2. The summed E-state index contributed by atoms with van der Waals surface area (Å²) in [6.07, 6.45) is 7.06. The van der Waals surface area contributed by atoms with Crippen molar-refractivity contribution in [3.63, 3.8) is 0 Å². The molecule has 2 atom stereocenters. The quantitative estimate of drug-likeness (QED) is 0.627. The highest BCUT2D eigenvalue weighted by Crippen LogP contribution is 2.36. The number of rotatable bonds is 7. The largest absolute Gasteiger partial charge is 0.483 e. The van der Waals surface area contributed by atoms with Crippen molar-refractivity contribution in [3.8, 4) is 5.75 Å². The number of methoxy groups -OCH3 is 1. The molecule has 28 heavy (non-hydrogen) atoms. The molecule has 0 N–H and O–H groups in total. The fraction of sp³-hybridized carbons (Fsp3) is 0.273. The summed E-state index contributed by atoms with van der Waals surface area (Å²) in [6.45, 7) is 1.71. The van der Waals surface area contributed by atoms with Gasteiger partial charge in [0.1, 0.15) is 11.9 Å². The first kappa shape index (κ1) is 18.4. The molecule has 6 heteroatoms. The fourth-order valence-electron chi connectivity index (χ4n) is 3.29. The Labute approximate surface area is 164 Å². The summed E-state index contributed by atoms with van der Waals surface area (Å²) in [5.41, 5.74) is 3.04. The van der Waals surface area contributed by atoms with Gasteiger partial charge in [-0.15, -0.1) is 0 Å². The van der Waals surface area contributed by atoms with Crippen LogP contribution in [0, 0.1) is 0 Å². The van der Waals surface area contributed by atoms with Crippen LogP contribution in [-0.2, 0) is 16.0 Å². The second-order valence-corrected chi connectivity index (χ2v) is 6.59. The molecule has 1 unspecified atom stereocenters. The van der Waals surface area contributed by atoms with E-state index in [1.807, 2.05) is 48.8 Å². The Bertz CT molecular complexity index is 876. The molecule has 3 aromatic rings. The van der Waals surface area contributed by atoms with Gasteiger partial charge in [0.25, 0.3) is 0 Å². The third-order valence-electron chi connectivity index (χ3n) is 4.74. The third kappa shape index (κ3) is 4.13. The summed E-state index contributed by atoms with van der Waals surface area (Å²) < 4.78 is 17.3. The summed E-state index contributed by atoms with van der Waals surface area (Å²) in [5, 5.41) is 0. The normalized spacial score (nSPS) is 18.8. The minimum absolute atomic E-state index is 0.0711. The Kier molecular flexibility index (Phi) is 5.80. The Morgan fingerprint density at radius 2 is 1.75 bits per heavy atom.